The quantitative estimate of drug-likeness (QED) is 0.700. The van der Waals surface area contributed by atoms with Crippen LogP contribution in [-0.2, 0) is 14.8 Å². The van der Waals surface area contributed by atoms with Crippen molar-refractivity contribution in [3.8, 4) is 0 Å². The lowest BCUT2D eigenvalue weighted by Crippen LogP contribution is -2.45. The van der Waals surface area contributed by atoms with Gasteiger partial charge in [0.2, 0.25) is 15.9 Å². The van der Waals surface area contributed by atoms with E-state index in [-0.39, 0.29) is 17.1 Å². The van der Waals surface area contributed by atoms with Gasteiger partial charge in [-0.2, -0.15) is 0 Å². The summed E-state index contributed by atoms with van der Waals surface area (Å²) in [5.41, 5.74) is 5.36. The number of anilines is 1. The molecule has 0 heterocycles. The number of rotatable bonds is 4. The fourth-order valence-electron chi connectivity index (χ4n) is 1.46. The van der Waals surface area contributed by atoms with Crippen LogP contribution in [0.3, 0.4) is 0 Å². The van der Waals surface area contributed by atoms with Gasteiger partial charge in [0.1, 0.15) is 4.90 Å². The van der Waals surface area contributed by atoms with Crippen molar-refractivity contribution in [2.45, 2.75) is 31.2 Å². The summed E-state index contributed by atoms with van der Waals surface area (Å²) in [5.74, 6) is -0.406. The van der Waals surface area contributed by atoms with E-state index < -0.39 is 21.5 Å². The number of amides is 1. The largest absolute Gasteiger partial charge is 0.398 e. The molecule has 4 N–H and O–H groups in total. The first-order chi connectivity index (χ1) is 9.01. The topological polar surface area (TPSA) is 101 Å². The molecule has 0 saturated heterocycles. The van der Waals surface area contributed by atoms with Crippen molar-refractivity contribution >= 4 is 37.5 Å². The third-order valence-corrected chi connectivity index (χ3v) is 4.17. The molecule has 1 aromatic rings. The maximum absolute atomic E-state index is 12.0. The molecule has 6 nitrogen and oxygen atoms in total. The smallest absolute Gasteiger partial charge is 0.243 e. The number of benzene rings is 1. The average molecular weight is 364 g/mol. The summed E-state index contributed by atoms with van der Waals surface area (Å²) in [6, 6.07) is 4.44. The van der Waals surface area contributed by atoms with E-state index in [2.05, 4.69) is 26.0 Å². The fraction of sp³-hybridized carbons (Fsp3) is 0.417. The number of halogens is 1. The van der Waals surface area contributed by atoms with Crippen molar-refractivity contribution in [2.75, 3.05) is 12.3 Å². The number of nitrogens with one attached hydrogen (secondary N) is 2. The maximum atomic E-state index is 12.0. The van der Waals surface area contributed by atoms with Gasteiger partial charge in [-0.25, -0.2) is 13.1 Å². The SMILES string of the molecule is CC(C)(C)NC(=O)CNS(=O)(=O)c1ccc(Br)cc1N. The van der Waals surface area contributed by atoms with E-state index in [1.807, 2.05) is 20.8 Å². The molecule has 1 amide bonds. The van der Waals surface area contributed by atoms with Gasteiger partial charge in [0, 0.05) is 10.0 Å². The molecule has 8 heteroatoms. The lowest BCUT2D eigenvalue weighted by Gasteiger charge is -2.20. The standard InChI is InChI=1S/C12H18BrN3O3S/c1-12(2,3)16-11(17)7-15-20(18,19)10-5-4-8(13)6-9(10)14/h4-6,15H,7,14H2,1-3H3,(H,16,17). The molecular formula is C12H18BrN3O3S. The van der Waals surface area contributed by atoms with Gasteiger partial charge in [-0.05, 0) is 39.0 Å². The molecule has 0 atom stereocenters. The predicted molar refractivity (Wildman–Crippen MR) is 81.6 cm³/mol. The second-order valence-corrected chi connectivity index (χ2v) is 7.96. The van der Waals surface area contributed by atoms with E-state index in [0.717, 1.165) is 0 Å². The van der Waals surface area contributed by atoms with E-state index in [0.29, 0.717) is 4.47 Å². The van der Waals surface area contributed by atoms with Gasteiger partial charge in [0.15, 0.2) is 0 Å². The highest BCUT2D eigenvalue weighted by molar-refractivity contribution is 9.10. The number of sulfonamides is 1. The van der Waals surface area contributed by atoms with Gasteiger partial charge in [-0.3, -0.25) is 4.79 Å². The van der Waals surface area contributed by atoms with Crippen LogP contribution in [0.1, 0.15) is 20.8 Å². The maximum Gasteiger partial charge on any atom is 0.243 e. The third kappa shape index (κ3) is 5.10. The second-order valence-electron chi connectivity index (χ2n) is 5.30. The summed E-state index contributed by atoms with van der Waals surface area (Å²) in [7, 11) is -3.82. The zero-order valence-electron chi connectivity index (χ0n) is 11.5. The minimum Gasteiger partial charge on any atom is -0.398 e. The van der Waals surface area contributed by atoms with Crippen molar-refractivity contribution in [3.05, 3.63) is 22.7 Å². The Kier molecular flexibility index (Phi) is 5.17. The fourth-order valence-corrected chi connectivity index (χ4v) is 2.94. The molecular weight excluding hydrogens is 346 g/mol. The molecule has 1 rings (SSSR count). The van der Waals surface area contributed by atoms with Gasteiger partial charge in [-0.15, -0.1) is 0 Å². The van der Waals surface area contributed by atoms with Crippen molar-refractivity contribution in [1.29, 1.82) is 0 Å². The lowest BCUT2D eigenvalue weighted by atomic mass is 10.1. The molecule has 0 saturated carbocycles. The van der Waals surface area contributed by atoms with E-state index >= 15 is 0 Å². The predicted octanol–water partition coefficient (Wildman–Crippen LogP) is 1.22. The minimum atomic E-state index is -3.82. The minimum absolute atomic E-state index is 0.0516. The van der Waals surface area contributed by atoms with Crippen LogP contribution < -0.4 is 15.8 Å². The highest BCUT2D eigenvalue weighted by Crippen LogP contribution is 2.22. The lowest BCUT2D eigenvalue weighted by molar-refractivity contribution is -0.121. The molecule has 0 spiro atoms. The summed E-state index contributed by atoms with van der Waals surface area (Å²) in [5, 5.41) is 2.66. The summed E-state index contributed by atoms with van der Waals surface area (Å²) in [6.07, 6.45) is 0. The monoisotopic (exact) mass is 363 g/mol. The number of nitrogen functional groups attached to an aromatic ring is 1. The molecule has 0 aliphatic carbocycles. The Bertz CT molecular complexity index is 609. The zero-order valence-corrected chi connectivity index (χ0v) is 13.9. The van der Waals surface area contributed by atoms with E-state index in [1.165, 1.54) is 12.1 Å². The van der Waals surface area contributed by atoms with Crippen LogP contribution in [0.15, 0.2) is 27.6 Å². The Hall–Kier alpha value is -1.12. The van der Waals surface area contributed by atoms with Crippen LogP contribution in [0.5, 0.6) is 0 Å². The Morgan fingerprint density at radius 2 is 1.95 bits per heavy atom. The highest BCUT2D eigenvalue weighted by Gasteiger charge is 2.20. The molecule has 1 aromatic carbocycles. The Balaban J connectivity index is 2.78. The van der Waals surface area contributed by atoms with Gasteiger partial charge in [-0.1, -0.05) is 15.9 Å². The summed E-state index contributed by atoms with van der Waals surface area (Å²) >= 11 is 3.20. The van der Waals surface area contributed by atoms with Crippen LogP contribution in [0.2, 0.25) is 0 Å². The van der Waals surface area contributed by atoms with Gasteiger partial charge in [0.05, 0.1) is 12.2 Å². The first kappa shape index (κ1) is 16.9. The molecule has 0 aromatic heterocycles. The van der Waals surface area contributed by atoms with E-state index in [4.69, 9.17) is 5.73 Å². The van der Waals surface area contributed by atoms with Crippen molar-refractivity contribution in [3.63, 3.8) is 0 Å². The molecule has 112 valence electrons. The first-order valence-corrected chi connectivity index (χ1v) is 8.14. The number of carbonyl (C=O) groups is 1. The number of hydrogen-bond donors (Lipinski definition) is 3. The van der Waals surface area contributed by atoms with Gasteiger partial charge >= 0.3 is 0 Å². The highest BCUT2D eigenvalue weighted by atomic mass is 79.9. The molecule has 0 unspecified atom stereocenters. The molecule has 0 aliphatic rings. The van der Waals surface area contributed by atoms with Crippen molar-refractivity contribution in [2.24, 2.45) is 0 Å². The van der Waals surface area contributed by atoms with Gasteiger partial charge in [0.25, 0.3) is 0 Å². The third-order valence-electron chi connectivity index (χ3n) is 2.20. The van der Waals surface area contributed by atoms with E-state index in [1.54, 1.807) is 6.07 Å². The van der Waals surface area contributed by atoms with Crippen LogP contribution in [0.4, 0.5) is 5.69 Å². The van der Waals surface area contributed by atoms with Crippen molar-refractivity contribution < 1.29 is 13.2 Å². The summed E-state index contributed by atoms with van der Waals surface area (Å²) in [4.78, 5) is 11.5. The summed E-state index contributed by atoms with van der Waals surface area (Å²) in [6.45, 7) is 5.10. The summed E-state index contributed by atoms with van der Waals surface area (Å²) < 4.78 is 27.0. The average Bonchev–Trinajstić information content (AvgIpc) is 2.23. The van der Waals surface area contributed by atoms with Crippen LogP contribution in [0, 0.1) is 0 Å². The van der Waals surface area contributed by atoms with Crippen molar-refractivity contribution in [1.82, 2.24) is 10.0 Å². The second kappa shape index (κ2) is 6.11. The zero-order chi connectivity index (χ0) is 15.6. The first-order valence-electron chi connectivity index (χ1n) is 5.87. The number of nitrogens with two attached hydrogens (primary N) is 1. The Morgan fingerprint density at radius 3 is 2.45 bits per heavy atom. The Morgan fingerprint density at radius 1 is 1.35 bits per heavy atom. The molecule has 0 bridgehead atoms. The molecule has 0 fully saturated rings. The normalized spacial score (nSPS) is 12.2. The van der Waals surface area contributed by atoms with Gasteiger partial charge < -0.3 is 11.1 Å². The molecule has 20 heavy (non-hydrogen) atoms. The Labute approximate surface area is 127 Å². The molecule has 0 aliphatic heterocycles. The molecule has 0 radical (unpaired) electrons. The van der Waals surface area contributed by atoms with Crippen LogP contribution >= 0.6 is 15.9 Å². The number of hydrogen-bond acceptors (Lipinski definition) is 4. The van der Waals surface area contributed by atoms with Crippen LogP contribution in [0.25, 0.3) is 0 Å². The van der Waals surface area contributed by atoms with E-state index in [9.17, 15) is 13.2 Å². The van der Waals surface area contributed by atoms with Crippen LogP contribution in [-0.4, -0.2) is 26.4 Å². The number of carbonyl (C=O) groups excluding carboxylic acids is 1.